The number of piperidine rings is 1. The fourth-order valence-electron chi connectivity index (χ4n) is 6.26. The van der Waals surface area contributed by atoms with E-state index in [1.165, 1.54) is 0 Å². The van der Waals surface area contributed by atoms with E-state index in [4.69, 9.17) is 9.72 Å². The summed E-state index contributed by atoms with van der Waals surface area (Å²) in [5.41, 5.74) is 5.36. The SMILES string of the molecule is CN(C)C1CCN(C(=O)c2cccc(-c3cc(-c4c(N5CCOCC5)sc5c4CC(C)(C)NC5=O)ccn3)c2)CC1. The van der Waals surface area contributed by atoms with Gasteiger partial charge in [-0.3, -0.25) is 14.6 Å². The molecule has 2 fully saturated rings. The van der Waals surface area contributed by atoms with E-state index in [0.717, 1.165) is 83.3 Å². The molecule has 0 saturated carbocycles. The number of carbonyl (C=O) groups is 2. The predicted molar refractivity (Wildman–Crippen MR) is 164 cm³/mol. The zero-order valence-electron chi connectivity index (χ0n) is 24.4. The van der Waals surface area contributed by atoms with Gasteiger partial charge in [-0.15, -0.1) is 11.3 Å². The molecule has 1 N–H and O–H groups in total. The van der Waals surface area contributed by atoms with Crippen LogP contribution in [0.3, 0.4) is 0 Å². The molecule has 8 nitrogen and oxygen atoms in total. The van der Waals surface area contributed by atoms with Crippen molar-refractivity contribution >= 4 is 28.2 Å². The van der Waals surface area contributed by atoms with Crippen molar-refractivity contribution in [2.75, 3.05) is 58.4 Å². The van der Waals surface area contributed by atoms with Crippen LogP contribution in [0.4, 0.5) is 5.00 Å². The largest absolute Gasteiger partial charge is 0.378 e. The van der Waals surface area contributed by atoms with Crippen LogP contribution >= 0.6 is 11.3 Å². The van der Waals surface area contributed by atoms with Crippen LogP contribution in [0.5, 0.6) is 0 Å². The highest BCUT2D eigenvalue weighted by molar-refractivity contribution is 7.19. The van der Waals surface area contributed by atoms with Crippen molar-refractivity contribution in [2.24, 2.45) is 0 Å². The number of amides is 2. The molecule has 216 valence electrons. The van der Waals surface area contributed by atoms with Gasteiger partial charge in [0, 0.05) is 60.6 Å². The van der Waals surface area contributed by atoms with Crippen molar-refractivity contribution in [3.05, 3.63) is 58.6 Å². The van der Waals surface area contributed by atoms with Crippen molar-refractivity contribution in [2.45, 2.75) is 44.7 Å². The minimum atomic E-state index is -0.326. The van der Waals surface area contributed by atoms with Crippen LogP contribution in [0.2, 0.25) is 0 Å². The Balaban J connectivity index is 1.34. The van der Waals surface area contributed by atoms with Gasteiger partial charge in [0.1, 0.15) is 5.00 Å². The predicted octanol–water partition coefficient (Wildman–Crippen LogP) is 4.54. The van der Waals surface area contributed by atoms with Gasteiger partial charge in [-0.2, -0.15) is 0 Å². The van der Waals surface area contributed by atoms with E-state index in [-0.39, 0.29) is 17.4 Å². The van der Waals surface area contributed by atoms with E-state index in [9.17, 15) is 9.59 Å². The molecule has 2 aromatic heterocycles. The van der Waals surface area contributed by atoms with Crippen molar-refractivity contribution in [1.82, 2.24) is 20.1 Å². The quantitative estimate of drug-likeness (QED) is 0.483. The molecule has 2 saturated heterocycles. The number of nitrogens with zero attached hydrogens (tertiary/aromatic N) is 4. The number of carbonyl (C=O) groups excluding carboxylic acids is 2. The average molecular weight is 574 g/mol. The number of fused-ring (bicyclic) bond motifs is 1. The number of rotatable bonds is 5. The first kappa shape index (κ1) is 27.9. The van der Waals surface area contributed by atoms with Crippen molar-refractivity contribution in [3.8, 4) is 22.4 Å². The fraction of sp³-hybridized carbons (Fsp3) is 0.469. The third-order valence-electron chi connectivity index (χ3n) is 8.50. The number of likely N-dealkylation sites (tertiary alicyclic amines) is 1. The van der Waals surface area contributed by atoms with Crippen LogP contribution in [-0.2, 0) is 11.2 Å². The standard InChI is InChI=1S/C32H39N5O3S/c1-32(2)20-25-27(31(37-14-16-40-17-15-37)41-28(25)29(38)34-32)22-8-11-33-26(19-22)21-6-5-7-23(18-21)30(39)36-12-9-24(10-13-36)35(3)4/h5-8,11,18-19,24H,9-10,12-17,20H2,1-4H3,(H,34,38). The second kappa shape index (κ2) is 11.2. The summed E-state index contributed by atoms with van der Waals surface area (Å²) in [5, 5.41) is 4.29. The highest BCUT2D eigenvalue weighted by Gasteiger charge is 2.36. The van der Waals surface area contributed by atoms with E-state index >= 15 is 0 Å². The monoisotopic (exact) mass is 573 g/mol. The minimum absolute atomic E-state index is 0.00267. The Labute approximate surface area is 246 Å². The molecule has 5 heterocycles. The second-order valence-electron chi connectivity index (χ2n) is 12.2. The molecule has 3 aliphatic heterocycles. The van der Waals surface area contributed by atoms with Gasteiger partial charge < -0.3 is 24.8 Å². The van der Waals surface area contributed by atoms with Gasteiger partial charge in [-0.05, 0) is 82.6 Å². The maximum Gasteiger partial charge on any atom is 0.262 e. The molecule has 6 rings (SSSR count). The van der Waals surface area contributed by atoms with Crippen molar-refractivity contribution < 1.29 is 14.3 Å². The molecule has 0 aliphatic carbocycles. The number of hydrogen-bond acceptors (Lipinski definition) is 7. The van der Waals surface area contributed by atoms with E-state index in [2.05, 4.69) is 49.1 Å². The molecule has 1 aromatic carbocycles. The lowest BCUT2D eigenvalue weighted by molar-refractivity contribution is 0.0663. The topological polar surface area (TPSA) is 78.0 Å². The molecule has 0 radical (unpaired) electrons. The average Bonchev–Trinajstić information content (AvgIpc) is 3.36. The van der Waals surface area contributed by atoms with Crippen LogP contribution in [0.15, 0.2) is 42.6 Å². The Kier molecular flexibility index (Phi) is 7.61. The molecule has 9 heteroatoms. The lowest BCUT2D eigenvalue weighted by atomic mass is 9.87. The van der Waals surface area contributed by atoms with Gasteiger partial charge in [-0.1, -0.05) is 12.1 Å². The summed E-state index contributed by atoms with van der Waals surface area (Å²) >= 11 is 1.58. The lowest BCUT2D eigenvalue weighted by Gasteiger charge is -2.35. The van der Waals surface area contributed by atoms with E-state index in [1.54, 1.807) is 11.3 Å². The maximum absolute atomic E-state index is 13.4. The van der Waals surface area contributed by atoms with Crippen molar-refractivity contribution in [1.29, 1.82) is 0 Å². The molecular formula is C32H39N5O3S. The number of thiophene rings is 1. The maximum atomic E-state index is 13.4. The summed E-state index contributed by atoms with van der Waals surface area (Å²) in [6, 6.07) is 12.5. The van der Waals surface area contributed by atoms with Crippen LogP contribution < -0.4 is 10.2 Å². The van der Waals surface area contributed by atoms with Gasteiger partial charge in [-0.25, -0.2) is 0 Å². The second-order valence-corrected chi connectivity index (χ2v) is 13.2. The fourth-order valence-corrected chi connectivity index (χ4v) is 7.55. The molecule has 0 unspecified atom stereocenters. The summed E-state index contributed by atoms with van der Waals surface area (Å²) in [4.78, 5) is 38.7. The van der Waals surface area contributed by atoms with Crippen LogP contribution in [0, 0.1) is 0 Å². The van der Waals surface area contributed by atoms with Gasteiger partial charge >= 0.3 is 0 Å². The smallest absolute Gasteiger partial charge is 0.262 e. The molecule has 3 aromatic rings. The normalized spacial score (nSPS) is 19.3. The van der Waals surface area contributed by atoms with E-state index in [1.807, 2.05) is 41.4 Å². The highest BCUT2D eigenvalue weighted by Crippen LogP contribution is 2.46. The highest BCUT2D eigenvalue weighted by atomic mass is 32.1. The Morgan fingerprint density at radius 3 is 2.56 bits per heavy atom. The number of nitrogens with one attached hydrogen (secondary N) is 1. The van der Waals surface area contributed by atoms with Crippen LogP contribution in [0.25, 0.3) is 22.4 Å². The summed E-state index contributed by atoms with van der Waals surface area (Å²) in [6.07, 6.45) is 4.59. The number of ether oxygens (including phenoxy) is 1. The summed E-state index contributed by atoms with van der Waals surface area (Å²) < 4.78 is 5.63. The Morgan fingerprint density at radius 2 is 1.83 bits per heavy atom. The molecule has 3 aliphatic rings. The summed E-state index contributed by atoms with van der Waals surface area (Å²) in [5.74, 6) is 0.0760. The van der Waals surface area contributed by atoms with Gasteiger partial charge in [0.2, 0.25) is 0 Å². The van der Waals surface area contributed by atoms with E-state index in [0.29, 0.717) is 24.8 Å². The van der Waals surface area contributed by atoms with Gasteiger partial charge in [0.15, 0.2) is 0 Å². The summed E-state index contributed by atoms with van der Waals surface area (Å²) in [6.45, 7) is 8.65. The van der Waals surface area contributed by atoms with Gasteiger partial charge in [0.05, 0.1) is 23.8 Å². The van der Waals surface area contributed by atoms with E-state index < -0.39 is 0 Å². The molecule has 41 heavy (non-hydrogen) atoms. The summed E-state index contributed by atoms with van der Waals surface area (Å²) in [7, 11) is 4.22. The van der Waals surface area contributed by atoms with Crippen LogP contribution in [0.1, 0.15) is 52.3 Å². The molecule has 0 bridgehead atoms. The number of anilines is 1. The first-order valence-electron chi connectivity index (χ1n) is 14.5. The Morgan fingerprint density at radius 1 is 1.07 bits per heavy atom. The number of pyridine rings is 1. The molecule has 0 atom stereocenters. The Hall–Kier alpha value is -3.27. The van der Waals surface area contributed by atoms with Gasteiger partial charge in [0.25, 0.3) is 11.8 Å². The Bertz CT molecular complexity index is 1450. The number of aromatic nitrogens is 1. The molecule has 0 spiro atoms. The number of morpholine rings is 1. The number of hydrogen-bond donors (Lipinski definition) is 1. The first-order valence-corrected chi connectivity index (χ1v) is 15.4. The van der Waals surface area contributed by atoms with Crippen molar-refractivity contribution in [3.63, 3.8) is 0 Å². The molecular weight excluding hydrogens is 534 g/mol. The minimum Gasteiger partial charge on any atom is -0.378 e. The number of benzene rings is 1. The lowest BCUT2D eigenvalue weighted by Crippen LogP contribution is -2.48. The van der Waals surface area contributed by atoms with Crippen LogP contribution in [-0.4, -0.2) is 91.7 Å². The third kappa shape index (κ3) is 5.63. The third-order valence-corrected chi connectivity index (χ3v) is 9.79. The first-order chi connectivity index (χ1) is 19.7. The molecule has 2 amide bonds. The zero-order chi connectivity index (χ0) is 28.7. The zero-order valence-corrected chi connectivity index (χ0v) is 25.2.